The Hall–Kier alpha value is -0.730. The summed E-state index contributed by atoms with van der Waals surface area (Å²) in [7, 11) is 0. The predicted octanol–water partition coefficient (Wildman–Crippen LogP) is -1.47. The van der Waals surface area contributed by atoms with Crippen molar-refractivity contribution < 1.29 is 35.1 Å². The molecule has 7 heteroatoms. The van der Waals surface area contributed by atoms with Crippen molar-refractivity contribution >= 4 is 5.97 Å². The van der Waals surface area contributed by atoms with Crippen molar-refractivity contribution in [1.82, 2.24) is 0 Å². The molecule has 18 heavy (non-hydrogen) atoms. The molecule has 0 aromatic rings. The van der Waals surface area contributed by atoms with Crippen molar-refractivity contribution in [3.05, 3.63) is 0 Å². The SMILES string of the molecule is CC1CC(O)(C(=O)O)OC(C(O)C(O)CO)C1C. The monoisotopic (exact) mass is 264 g/mol. The van der Waals surface area contributed by atoms with E-state index in [2.05, 4.69) is 0 Å². The van der Waals surface area contributed by atoms with Gasteiger partial charge in [0, 0.05) is 6.42 Å². The Kier molecular flexibility index (Phi) is 4.68. The molecule has 1 fully saturated rings. The van der Waals surface area contributed by atoms with E-state index in [1.165, 1.54) is 0 Å². The molecule has 0 radical (unpaired) electrons. The first-order valence-corrected chi connectivity index (χ1v) is 5.83. The Morgan fingerprint density at radius 2 is 2.00 bits per heavy atom. The van der Waals surface area contributed by atoms with Gasteiger partial charge in [-0.3, -0.25) is 0 Å². The van der Waals surface area contributed by atoms with Crippen molar-refractivity contribution in [3.8, 4) is 0 Å². The van der Waals surface area contributed by atoms with Gasteiger partial charge in [-0.1, -0.05) is 13.8 Å². The number of ether oxygens (including phenoxy) is 1. The van der Waals surface area contributed by atoms with E-state index >= 15 is 0 Å². The lowest BCUT2D eigenvalue weighted by Gasteiger charge is -2.44. The van der Waals surface area contributed by atoms with Crippen LogP contribution in [0.25, 0.3) is 0 Å². The fourth-order valence-electron chi connectivity index (χ4n) is 2.17. The van der Waals surface area contributed by atoms with Crippen LogP contribution in [0.5, 0.6) is 0 Å². The van der Waals surface area contributed by atoms with Gasteiger partial charge in [-0.25, -0.2) is 4.79 Å². The molecule has 0 amide bonds. The number of hydrogen-bond acceptors (Lipinski definition) is 6. The van der Waals surface area contributed by atoms with E-state index in [-0.39, 0.29) is 18.3 Å². The normalized spacial score (nSPS) is 40.2. The minimum atomic E-state index is -2.37. The zero-order chi connectivity index (χ0) is 14.1. The predicted molar refractivity (Wildman–Crippen MR) is 59.5 cm³/mol. The van der Waals surface area contributed by atoms with Crippen LogP contribution < -0.4 is 0 Å². The van der Waals surface area contributed by atoms with Crippen LogP contribution in [0, 0.1) is 11.8 Å². The Morgan fingerprint density at radius 1 is 1.44 bits per heavy atom. The molecular weight excluding hydrogens is 244 g/mol. The van der Waals surface area contributed by atoms with Gasteiger partial charge in [0.1, 0.15) is 12.2 Å². The lowest BCUT2D eigenvalue weighted by atomic mass is 9.79. The second-order valence-corrected chi connectivity index (χ2v) is 4.95. The summed E-state index contributed by atoms with van der Waals surface area (Å²) < 4.78 is 5.04. The van der Waals surface area contributed by atoms with Crippen LogP contribution in [-0.4, -0.2) is 62.2 Å². The number of carbonyl (C=O) groups is 1. The average Bonchev–Trinajstić information content (AvgIpc) is 2.31. The molecule has 0 aromatic carbocycles. The number of rotatable bonds is 4. The molecule has 1 heterocycles. The minimum Gasteiger partial charge on any atom is -0.477 e. The number of carboxylic acid groups (broad SMARTS) is 1. The molecule has 1 saturated heterocycles. The molecule has 0 aromatic heterocycles. The molecule has 0 saturated carbocycles. The Labute approximate surface area is 105 Å². The van der Waals surface area contributed by atoms with Crippen molar-refractivity contribution in [2.75, 3.05) is 6.61 Å². The quantitative estimate of drug-likeness (QED) is 0.419. The van der Waals surface area contributed by atoms with E-state index in [1.807, 2.05) is 0 Å². The third-order valence-corrected chi connectivity index (χ3v) is 3.60. The molecule has 6 unspecified atom stereocenters. The number of aliphatic hydroxyl groups is 4. The summed E-state index contributed by atoms with van der Waals surface area (Å²) in [6.45, 7) is 2.78. The molecule has 0 bridgehead atoms. The maximum Gasteiger partial charge on any atom is 0.364 e. The largest absolute Gasteiger partial charge is 0.477 e. The second kappa shape index (κ2) is 5.50. The third kappa shape index (κ3) is 2.81. The first kappa shape index (κ1) is 15.3. The van der Waals surface area contributed by atoms with E-state index in [0.29, 0.717) is 0 Å². The van der Waals surface area contributed by atoms with Crippen LogP contribution in [0.2, 0.25) is 0 Å². The average molecular weight is 264 g/mol. The van der Waals surface area contributed by atoms with Gasteiger partial charge in [-0.15, -0.1) is 0 Å². The van der Waals surface area contributed by atoms with Gasteiger partial charge in [-0.2, -0.15) is 0 Å². The summed E-state index contributed by atoms with van der Waals surface area (Å²) in [4.78, 5) is 11.0. The summed E-state index contributed by atoms with van der Waals surface area (Å²) in [5.41, 5.74) is 0. The number of aliphatic carboxylic acids is 1. The molecule has 1 aliphatic heterocycles. The van der Waals surface area contributed by atoms with E-state index in [9.17, 15) is 20.1 Å². The Balaban J connectivity index is 2.92. The molecule has 6 atom stereocenters. The Bertz CT molecular complexity index is 308. The first-order chi connectivity index (χ1) is 8.23. The van der Waals surface area contributed by atoms with E-state index in [4.69, 9.17) is 14.9 Å². The van der Waals surface area contributed by atoms with Crippen LogP contribution in [0.4, 0.5) is 0 Å². The van der Waals surface area contributed by atoms with Gasteiger partial charge < -0.3 is 30.3 Å². The zero-order valence-electron chi connectivity index (χ0n) is 10.4. The van der Waals surface area contributed by atoms with Crippen LogP contribution in [0.1, 0.15) is 20.3 Å². The summed E-state index contributed by atoms with van der Waals surface area (Å²) >= 11 is 0. The van der Waals surface area contributed by atoms with Gasteiger partial charge in [0.2, 0.25) is 0 Å². The summed E-state index contributed by atoms with van der Waals surface area (Å²) in [5, 5.41) is 46.7. The fraction of sp³-hybridized carbons (Fsp3) is 0.909. The smallest absolute Gasteiger partial charge is 0.364 e. The molecule has 106 valence electrons. The van der Waals surface area contributed by atoms with E-state index in [1.54, 1.807) is 13.8 Å². The molecule has 7 nitrogen and oxygen atoms in total. The number of aliphatic hydroxyl groups excluding tert-OH is 3. The minimum absolute atomic E-state index is 0.0953. The highest BCUT2D eigenvalue weighted by Crippen LogP contribution is 2.37. The van der Waals surface area contributed by atoms with Crippen LogP contribution in [-0.2, 0) is 9.53 Å². The fourth-order valence-corrected chi connectivity index (χ4v) is 2.17. The van der Waals surface area contributed by atoms with Gasteiger partial charge >= 0.3 is 5.97 Å². The number of carboxylic acids is 1. The topological polar surface area (TPSA) is 127 Å². The molecule has 1 rings (SSSR count). The van der Waals surface area contributed by atoms with Crippen LogP contribution in [0.3, 0.4) is 0 Å². The Morgan fingerprint density at radius 3 is 2.44 bits per heavy atom. The van der Waals surface area contributed by atoms with Crippen molar-refractivity contribution in [2.24, 2.45) is 11.8 Å². The maximum absolute atomic E-state index is 11.0. The van der Waals surface area contributed by atoms with Crippen molar-refractivity contribution in [1.29, 1.82) is 0 Å². The van der Waals surface area contributed by atoms with Crippen LogP contribution >= 0.6 is 0 Å². The van der Waals surface area contributed by atoms with E-state index in [0.717, 1.165) is 0 Å². The third-order valence-electron chi connectivity index (χ3n) is 3.60. The molecule has 5 N–H and O–H groups in total. The molecule has 0 spiro atoms. The standard InChI is InChI=1S/C11H20O7/c1-5-3-11(17,10(15)16)18-9(6(5)2)8(14)7(13)4-12/h5-9,12-14,17H,3-4H2,1-2H3,(H,15,16). The van der Waals surface area contributed by atoms with Gasteiger partial charge in [-0.05, 0) is 11.8 Å². The lowest BCUT2D eigenvalue weighted by molar-refractivity contribution is -0.294. The maximum atomic E-state index is 11.0. The first-order valence-electron chi connectivity index (χ1n) is 5.83. The zero-order valence-corrected chi connectivity index (χ0v) is 10.4. The number of hydrogen-bond donors (Lipinski definition) is 5. The van der Waals surface area contributed by atoms with Gasteiger partial charge in [0.05, 0.1) is 12.7 Å². The highest BCUT2D eigenvalue weighted by Gasteiger charge is 2.50. The molecule has 1 aliphatic rings. The van der Waals surface area contributed by atoms with Gasteiger partial charge in [0.15, 0.2) is 0 Å². The van der Waals surface area contributed by atoms with E-state index < -0.39 is 36.7 Å². The lowest BCUT2D eigenvalue weighted by Crippen LogP contribution is -2.58. The van der Waals surface area contributed by atoms with Gasteiger partial charge in [0.25, 0.3) is 5.79 Å². The van der Waals surface area contributed by atoms with Crippen LogP contribution in [0.15, 0.2) is 0 Å². The molecule has 0 aliphatic carbocycles. The summed E-state index contributed by atoms with van der Waals surface area (Å²) in [6, 6.07) is 0. The highest BCUT2D eigenvalue weighted by molar-refractivity contribution is 5.75. The molecular formula is C11H20O7. The second-order valence-electron chi connectivity index (χ2n) is 4.95. The summed E-state index contributed by atoms with van der Waals surface area (Å²) in [5.74, 6) is -4.38. The summed E-state index contributed by atoms with van der Waals surface area (Å²) in [6.07, 6.45) is -4.06. The highest BCUT2D eigenvalue weighted by atomic mass is 16.7. The van der Waals surface area contributed by atoms with Crippen molar-refractivity contribution in [2.45, 2.75) is 44.4 Å². The van der Waals surface area contributed by atoms with Crippen molar-refractivity contribution in [3.63, 3.8) is 0 Å².